The van der Waals surface area contributed by atoms with Crippen LogP contribution >= 0.6 is 27.5 Å². The van der Waals surface area contributed by atoms with Crippen molar-refractivity contribution >= 4 is 33.4 Å². The first kappa shape index (κ1) is 20.1. The number of amides is 1. The summed E-state index contributed by atoms with van der Waals surface area (Å²) in [6, 6.07) is 15.6. The lowest BCUT2D eigenvalue weighted by molar-refractivity contribution is 0.0924. The number of hydrogen-bond donors (Lipinski definition) is 2. The summed E-state index contributed by atoms with van der Waals surface area (Å²) in [5.74, 6) is 0.185. The highest BCUT2D eigenvalue weighted by Crippen LogP contribution is 2.29. The third-order valence-corrected chi connectivity index (χ3v) is 6.22. The number of carbonyl (C=O) groups is 1. The first-order chi connectivity index (χ1) is 14.0. The minimum absolute atomic E-state index is 0.0181. The molecule has 1 saturated heterocycles. The van der Waals surface area contributed by atoms with Crippen molar-refractivity contribution in [3.05, 3.63) is 75.4 Å². The van der Waals surface area contributed by atoms with Gasteiger partial charge in [0.05, 0.1) is 16.4 Å². The number of piperidine rings is 1. The van der Waals surface area contributed by atoms with E-state index in [4.69, 9.17) is 11.6 Å². The van der Waals surface area contributed by atoms with Crippen molar-refractivity contribution in [1.29, 1.82) is 0 Å². The molecule has 2 aromatic carbocycles. The van der Waals surface area contributed by atoms with Gasteiger partial charge in [-0.25, -0.2) is 0 Å². The Kier molecular flexibility index (Phi) is 6.04. The number of nitrogens with zero attached hydrogens (tertiary/aromatic N) is 2. The molecule has 0 saturated carbocycles. The average molecular weight is 474 g/mol. The van der Waals surface area contributed by atoms with Gasteiger partial charge in [0.25, 0.3) is 5.91 Å². The minimum Gasteiger partial charge on any atom is -0.347 e. The van der Waals surface area contributed by atoms with Crippen LogP contribution in [0.5, 0.6) is 0 Å². The van der Waals surface area contributed by atoms with E-state index < -0.39 is 0 Å². The third-order valence-electron chi connectivity index (χ3n) is 5.39. The van der Waals surface area contributed by atoms with Crippen LogP contribution in [0.1, 0.15) is 28.3 Å². The number of hydrogen-bond acceptors (Lipinski definition) is 3. The average Bonchev–Trinajstić information content (AvgIpc) is 3.07. The standard InChI is InChI=1S/C22H22BrClN4O/c1-28-21(19(23)12-26-28)15-3-2-4-16(11-15)22(29)27-20-13-25-10-9-18(20)14-5-7-17(24)8-6-14/h2-8,11-12,18,20,25H,9-10,13H2,1H3,(H,27,29)/t18-,20+/m0/s1. The van der Waals surface area contributed by atoms with E-state index in [1.807, 2.05) is 43.4 Å². The fraction of sp³-hybridized carbons (Fsp3) is 0.273. The van der Waals surface area contributed by atoms with E-state index in [2.05, 4.69) is 43.8 Å². The molecule has 0 radical (unpaired) electrons. The van der Waals surface area contributed by atoms with Crippen LogP contribution in [0.2, 0.25) is 5.02 Å². The maximum atomic E-state index is 13.0. The van der Waals surface area contributed by atoms with Crippen molar-refractivity contribution < 1.29 is 4.79 Å². The molecule has 1 aromatic heterocycles. The monoisotopic (exact) mass is 472 g/mol. The Morgan fingerprint density at radius 3 is 2.79 bits per heavy atom. The Balaban J connectivity index is 1.55. The second-order valence-electron chi connectivity index (χ2n) is 7.28. The van der Waals surface area contributed by atoms with Crippen molar-refractivity contribution in [2.24, 2.45) is 7.05 Å². The second-order valence-corrected chi connectivity index (χ2v) is 8.57. The van der Waals surface area contributed by atoms with Crippen LogP contribution in [-0.4, -0.2) is 34.8 Å². The molecular formula is C22H22BrClN4O. The third kappa shape index (κ3) is 4.39. The first-order valence-corrected chi connectivity index (χ1v) is 10.7. The zero-order valence-corrected chi connectivity index (χ0v) is 18.4. The summed E-state index contributed by atoms with van der Waals surface area (Å²) in [7, 11) is 1.89. The van der Waals surface area contributed by atoms with Gasteiger partial charge < -0.3 is 10.6 Å². The molecule has 7 heteroatoms. The molecule has 1 fully saturated rings. The summed E-state index contributed by atoms with van der Waals surface area (Å²) in [5, 5.41) is 11.6. The Hall–Kier alpha value is -2.15. The molecule has 0 aliphatic carbocycles. The highest BCUT2D eigenvalue weighted by molar-refractivity contribution is 9.10. The van der Waals surface area contributed by atoms with E-state index in [1.54, 1.807) is 10.9 Å². The first-order valence-electron chi connectivity index (χ1n) is 9.58. The summed E-state index contributed by atoms with van der Waals surface area (Å²) in [4.78, 5) is 13.0. The molecule has 3 aromatic rings. The topological polar surface area (TPSA) is 59.0 Å². The van der Waals surface area contributed by atoms with Gasteiger partial charge in [-0.1, -0.05) is 35.9 Å². The Morgan fingerprint density at radius 1 is 1.28 bits per heavy atom. The van der Waals surface area contributed by atoms with E-state index in [1.165, 1.54) is 5.56 Å². The molecule has 1 aliphatic rings. The number of aryl methyl sites for hydroxylation is 1. The fourth-order valence-corrected chi connectivity index (χ4v) is 4.62. The van der Waals surface area contributed by atoms with Crippen molar-refractivity contribution in [1.82, 2.24) is 20.4 Å². The number of nitrogens with one attached hydrogen (secondary N) is 2. The summed E-state index contributed by atoms with van der Waals surface area (Å²) in [6.45, 7) is 1.68. The van der Waals surface area contributed by atoms with Gasteiger partial charge in [0.1, 0.15) is 0 Å². The number of rotatable bonds is 4. The lowest BCUT2D eigenvalue weighted by Gasteiger charge is -2.33. The van der Waals surface area contributed by atoms with Gasteiger partial charge in [0.15, 0.2) is 0 Å². The zero-order chi connectivity index (χ0) is 20.4. The maximum Gasteiger partial charge on any atom is 0.251 e. The lowest BCUT2D eigenvalue weighted by Crippen LogP contribution is -2.50. The fourth-order valence-electron chi connectivity index (χ4n) is 3.91. The Bertz CT molecular complexity index is 998. The van der Waals surface area contributed by atoms with E-state index in [9.17, 15) is 4.79 Å². The largest absolute Gasteiger partial charge is 0.347 e. The maximum absolute atomic E-state index is 13.0. The van der Waals surface area contributed by atoms with E-state index in [0.29, 0.717) is 5.56 Å². The van der Waals surface area contributed by atoms with Gasteiger partial charge in [0.2, 0.25) is 0 Å². The van der Waals surface area contributed by atoms with Crippen LogP contribution in [0.3, 0.4) is 0 Å². The van der Waals surface area contributed by atoms with Crippen molar-refractivity contribution in [3.8, 4) is 11.3 Å². The van der Waals surface area contributed by atoms with E-state index in [0.717, 1.165) is 40.3 Å². The van der Waals surface area contributed by atoms with Crippen LogP contribution < -0.4 is 10.6 Å². The summed E-state index contributed by atoms with van der Waals surface area (Å²) >= 11 is 9.57. The normalized spacial score (nSPS) is 19.1. The summed E-state index contributed by atoms with van der Waals surface area (Å²) in [6.07, 6.45) is 2.72. The summed E-state index contributed by atoms with van der Waals surface area (Å²) in [5.41, 5.74) is 3.73. The highest BCUT2D eigenvalue weighted by atomic mass is 79.9. The SMILES string of the molecule is Cn1ncc(Br)c1-c1cccc(C(=O)N[C@@H]2CNCC[C@H]2c2ccc(Cl)cc2)c1. The van der Waals surface area contributed by atoms with Crippen LogP contribution in [0, 0.1) is 0 Å². The number of benzene rings is 2. The summed E-state index contributed by atoms with van der Waals surface area (Å²) < 4.78 is 2.69. The number of carbonyl (C=O) groups excluding carboxylic acids is 1. The van der Waals surface area contributed by atoms with Gasteiger partial charge in [0, 0.05) is 41.7 Å². The molecule has 0 spiro atoms. The van der Waals surface area contributed by atoms with Crippen LogP contribution in [0.15, 0.2) is 59.2 Å². The molecule has 4 rings (SSSR count). The van der Waals surface area contributed by atoms with Gasteiger partial charge >= 0.3 is 0 Å². The molecule has 150 valence electrons. The molecule has 2 atom stereocenters. The molecule has 0 unspecified atom stereocenters. The molecule has 1 amide bonds. The quantitative estimate of drug-likeness (QED) is 0.591. The lowest BCUT2D eigenvalue weighted by atomic mass is 9.86. The van der Waals surface area contributed by atoms with Gasteiger partial charge in [-0.05, 0) is 58.7 Å². The highest BCUT2D eigenvalue weighted by Gasteiger charge is 2.28. The number of halogens is 2. The smallest absolute Gasteiger partial charge is 0.251 e. The van der Waals surface area contributed by atoms with Crippen LogP contribution in [-0.2, 0) is 7.05 Å². The Labute approximate surface area is 183 Å². The molecule has 29 heavy (non-hydrogen) atoms. The molecular weight excluding hydrogens is 452 g/mol. The van der Waals surface area contributed by atoms with Crippen molar-refractivity contribution in [3.63, 3.8) is 0 Å². The minimum atomic E-state index is -0.0715. The molecule has 1 aliphatic heterocycles. The second kappa shape index (κ2) is 8.69. The molecule has 5 nitrogen and oxygen atoms in total. The van der Waals surface area contributed by atoms with Gasteiger partial charge in [-0.15, -0.1) is 0 Å². The molecule has 2 N–H and O–H groups in total. The van der Waals surface area contributed by atoms with Gasteiger partial charge in [-0.3, -0.25) is 9.48 Å². The zero-order valence-electron chi connectivity index (χ0n) is 16.0. The Morgan fingerprint density at radius 2 is 2.07 bits per heavy atom. The predicted molar refractivity (Wildman–Crippen MR) is 119 cm³/mol. The van der Waals surface area contributed by atoms with Crippen LogP contribution in [0.25, 0.3) is 11.3 Å². The predicted octanol–water partition coefficient (Wildman–Crippen LogP) is 4.38. The molecule has 2 heterocycles. The van der Waals surface area contributed by atoms with Crippen LogP contribution in [0.4, 0.5) is 0 Å². The van der Waals surface area contributed by atoms with Gasteiger partial charge in [-0.2, -0.15) is 5.10 Å². The van der Waals surface area contributed by atoms with E-state index >= 15 is 0 Å². The number of aromatic nitrogens is 2. The van der Waals surface area contributed by atoms with E-state index in [-0.39, 0.29) is 17.9 Å². The van der Waals surface area contributed by atoms with Crippen molar-refractivity contribution in [2.45, 2.75) is 18.4 Å². The van der Waals surface area contributed by atoms with Crippen molar-refractivity contribution in [2.75, 3.05) is 13.1 Å². The molecule has 0 bridgehead atoms.